The van der Waals surface area contributed by atoms with Gasteiger partial charge in [0.25, 0.3) is 5.56 Å². The summed E-state index contributed by atoms with van der Waals surface area (Å²) in [6.07, 6.45) is 1.02. The van der Waals surface area contributed by atoms with Gasteiger partial charge in [-0.05, 0) is 38.5 Å². The molecule has 0 aliphatic heterocycles. The average molecular weight is 301 g/mol. The van der Waals surface area contributed by atoms with Crippen LogP contribution in [0.2, 0.25) is 0 Å². The van der Waals surface area contributed by atoms with Crippen molar-refractivity contribution in [3.63, 3.8) is 0 Å². The number of methoxy groups -OCH3 is 1. The zero-order valence-corrected chi connectivity index (χ0v) is 13.6. The molecule has 0 saturated carbocycles. The van der Waals surface area contributed by atoms with E-state index in [1.807, 2.05) is 31.2 Å². The maximum absolute atomic E-state index is 11.9. The summed E-state index contributed by atoms with van der Waals surface area (Å²) in [4.78, 5) is 11.9. The van der Waals surface area contributed by atoms with E-state index in [0.29, 0.717) is 23.8 Å². The first-order chi connectivity index (χ1) is 10.5. The molecule has 2 aromatic rings. The fourth-order valence-corrected chi connectivity index (χ4v) is 2.17. The highest BCUT2D eigenvalue weighted by Crippen LogP contribution is 2.29. The lowest BCUT2D eigenvalue weighted by molar-refractivity contribution is 0.416. The van der Waals surface area contributed by atoms with Gasteiger partial charge >= 0.3 is 0 Å². The molecule has 5 nitrogen and oxygen atoms in total. The van der Waals surface area contributed by atoms with Crippen molar-refractivity contribution in [1.29, 1.82) is 0 Å². The second kappa shape index (κ2) is 7.22. The molecule has 0 amide bonds. The predicted molar refractivity (Wildman–Crippen MR) is 88.2 cm³/mol. The Morgan fingerprint density at radius 3 is 2.82 bits per heavy atom. The first-order valence-corrected chi connectivity index (χ1v) is 7.52. The van der Waals surface area contributed by atoms with Crippen molar-refractivity contribution in [1.82, 2.24) is 15.5 Å². The number of aromatic nitrogens is 2. The summed E-state index contributed by atoms with van der Waals surface area (Å²) >= 11 is 0. The van der Waals surface area contributed by atoms with E-state index in [9.17, 15) is 4.79 Å². The van der Waals surface area contributed by atoms with Crippen molar-refractivity contribution in [3.05, 3.63) is 45.7 Å². The van der Waals surface area contributed by atoms with E-state index in [1.165, 1.54) is 0 Å². The van der Waals surface area contributed by atoms with Gasteiger partial charge in [-0.1, -0.05) is 18.6 Å². The van der Waals surface area contributed by atoms with Gasteiger partial charge in [0.15, 0.2) is 0 Å². The van der Waals surface area contributed by atoms with Crippen LogP contribution in [0.5, 0.6) is 5.75 Å². The number of H-pyrrole nitrogens is 1. The van der Waals surface area contributed by atoms with Gasteiger partial charge < -0.3 is 10.1 Å². The standard InChI is InChI=1S/C17H23N3O2/c1-5-12(3)18-10-13-9-15(19-20-17(13)21)14-8-11(2)6-7-16(14)22-4/h6-9,12,18H,5,10H2,1-4H3,(H,20,21). The molecule has 2 rings (SSSR count). The van der Waals surface area contributed by atoms with Crippen molar-refractivity contribution in [2.24, 2.45) is 0 Å². The van der Waals surface area contributed by atoms with Crippen molar-refractivity contribution < 1.29 is 4.74 Å². The zero-order chi connectivity index (χ0) is 16.1. The summed E-state index contributed by atoms with van der Waals surface area (Å²) in [6, 6.07) is 8.09. The summed E-state index contributed by atoms with van der Waals surface area (Å²) in [5, 5.41) is 10.1. The molecule has 1 heterocycles. The summed E-state index contributed by atoms with van der Waals surface area (Å²) < 4.78 is 5.39. The molecular formula is C17H23N3O2. The second-order valence-electron chi connectivity index (χ2n) is 5.50. The number of nitrogens with one attached hydrogen (secondary N) is 2. The maximum atomic E-state index is 11.9. The van der Waals surface area contributed by atoms with Crippen LogP contribution in [-0.4, -0.2) is 23.3 Å². The fraction of sp³-hybridized carbons (Fsp3) is 0.412. The summed E-state index contributed by atoms with van der Waals surface area (Å²) in [5.74, 6) is 0.742. The molecule has 0 bridgehead atoms. The second-order valence-corrected chi connectivity index (χ2v) is 5.50. The number of benzene rings is 1. The molecule has 0 aliphatic rings. The van der Waals surface area contributed by atoms with E-state index >= 15 is 0 Å². The smallest absolute Gasteiger partial charge is 0.268 e. The molecular weight excluding hydrogens is 278 g/mol. The molecule has 0 spiro atoms. The summed E-state index contributed by atoms with van der Waals surface area (Å²) in [7, 11) is 1.63. The normalized spacial score (nSPS) is 12.2. The van der Waals surface area contributed by atoms with Crippen LogP contribution in [0.4, 0.5) is 0 Å². The minimum atomic E-state index is -0.161. The van der Waals surface area contributed by atoms with E-state index in [2.05, 4.69) is 29.4 Å². The Morgan fingerprint density at radius 1 is 1.36 bits per heavy atom. The summed E-state index contributed by atoms with van der Waals surface area (Å²) in [6.45, 7) is 6.74. The fourth-order valence-electron chi connectivity index (χ4n) is 2.17. The highest BCUT2D eigenvalue weighted by atomic mass is 16.5. The Balaban J connectivity index is 2.37. The minimum Gasteiger partial charge on any atom is -0.496 e. The number of nitrogens with zero attached hydrogens (tertiary/aromatic N) is 1. The quantitative estimate of drug-likeness (QED) is 0.861. The molecule has 1 aromatic heterocycles. The molecule has 0 aliphatic carbocycles. The SMILES string of the molecule is CCC(C)NCc1cc(-c2cc(C)ccc2OC)n[nH]c1=O. The Morgan fingerprint density at radius 2 is 2.14 bits per heavy atom. The zero-order valence-electron chi connectivity index (χ0n) is 13.6. The van der Waals surface area contributed by atoms with Gasteiger partial charge in [-0.2, -0.15) is 5.10 Å². The maximum Gasteiger partial charge on any atom is 0.268 e. The minimum absolute atomic E-state index is 0.161. The van der Waals surface area contributed by atoms with Crippen LogP contribution in [-0.2, 0) is 6.54 Å². The van der Waals surface area contributed by atoms with Crippen LogP contribution >= 0.6 is 0 Å². The van der Waals surface area contributed by atoms with Crippen LogP contribution in [0.1, 0.15) is 31.4 Å². The van der Waals surface area contributed by atoms with Crippen LogP contribution in [0.15, 0.2) is 29.1 Å². The third kappa shape index (κ3) is 3.74. The lowest BCUT2D eigenvalue weighted by Gasteiger charge is -2.12. The van der Waals surface area contributed by atoms with Crippen molar-refractivity contribution in [3.8, 4) is 17.0 Å². The first kappa shape index (κ1) is 16.2. The van der Waals surface area contributed by atoms with Gasteiger partial charge in [0.1, 0.15) is 5.75 Å². The van der Waals surface area contributed by atoms with Crippen LogP contribution in [0.25, 0.3) is 11.3 Å². The molecule has 5 heteroatoms. The van der Waals surface area contributed by atoms with Crippen molar-refractivity contribution >= 4 is 0 Å². The average Bonchev–Trinajstić information content (AvgIpc) is 2.53. The molecule has 1 unspecified atom stereocenters. The van der Waals surface area contributed by atoms with E-state index in [-0.39, 0.29) is 5.56 Å². The molecule has 1 atom stereocenters. The van der Waals surface area contributed by atoms with Gasteiger partial charge in [-0.15, -0.1) is 0 Å². The third-order valence-electron chi connectivity index (χ3n) is 3.76. The van der Waals surface area contributed by atoms with Gasteiger partial charge in [0, 0.05) is 23.7 Å². The van der Waals surface area contributed by atoms with Gasteiger partial charge in [-0.25, -0.2) is 5.10 Å². The van der Waals surface area contributed by atoms with Gasteiger partial charge in [0.2, 0.25) is 0 Å². The molecule has 2 N–H and O–H groups in total. The number of aromatic amines is 1. The molecule has 0 radical (unpaired) electrons. The lowest BCUT2D eigenvalue weighted by Crippen LogP contribution is -2.28. The van der Waals surface area contributed by atoms with E-state index in [1.54, 1.807) is 7.11 Å². The number of aryl methyl sites for hydroxylation is 1. The third-order valence-corrected chi connectivity index (χ3v) is 3.76. The van der Waals surface area contributed by atoms with E-state index < -0.39 is 0 Å². The van der Waals surface area contributed by atoms with Crippen molar-refractivity contribution in [2.75, 3.05) is 7.11 Å². The number of hydrogen-bond donors (Lipinski definition) is 2. The Bertz CT molecular complexity index is 695. The van der Waals surface area contributed by atoms with Gasteiger partial charge in [0.05, 0.1) is 12.8 Å². The molecule has 0 fully saturated rings. The lowest BCUT2D eigenvalue weighted by atomic mass is 10.1. The largest absolute Gasteiger partial charge is 0.496 e. The number of hydrogen-bond acceptors (Lipinski definition) is 4. The van der Waals surface area contributed by atoms with Gasteiger partial charge in [-0.3, -0.25) is 4.79 Å². The monoisotopic (exact) mass is 301 g/mol. The van der Waals surface area contributed by atoms with E-state index in [4.69, 9.17) is 4.74 Å². The number of rotatable bonds is 6. The molecule has 118 valence electrons. The van der Waals surface area contributed by atoms with Crippen LogP contribution in [0, 0.1) is 6.92 Å². The predicted octanol–water partition coefficient (Wildman–Crippen LogP) is 2.64. The Hall–Kier alpha value is -2.14. The highest BCUT2D eigenvalue weighted by molar-refractivity contribution is 5.68. The summed E-state index contributed by atoms with van der Waals surface area (Å²) in [5.41, 5.74) is 3.22. The first-order valence-electron chi connectivity index (χ1n) is 7.52. The molecule has 22 heavy (non-hydrogen) atoms. The number of ether oxygens (including phenoxy) is 1. The molecule has 1 aromatic carbocycles. The van der Waals surface area contributed by atoms with Crippen LogP contribution in [0.3, 0.4) is 0 Å². The van der Waals surface area contributed by atoms with E-state index in [0.717, 1.165) is 23.3 Å². The van der Waals surface area contributed by atoms with Crippen molar-refractivity contribution in [2.45, 2.75) is 39.8 Å². The molecule has 0 saturated heterocycles. The Kier molecular flexibility index (Phi) is 5.33. The Labute approximate surface area is 130 Å². The topological polar surface area (TPSA) is 67.0 Å². The highest BCUT2D eigenvalue weighted by Gasteiger charge is 2.11. The van der Waals surface area contributed by atoms with Crippen LogP contribution < -0.4 is 15.6 Å².